The van der Waals surface area contributed by atoms with Gasteiger partial charge >= 0.3 is 0 Å². The Balaban J connectivity index is 2.28. The van der Waals surface area contributed by atoms with Crippen molar-refractivity contribution >= 4 is 22.5 Å². The van der Waals surface area contributed by atoms with E-state index in [1.54, 1.807) is 12.1 Å². The maximum absolute atomic E-state index is 13.7. The molecule has 0 unspecified atom stereocenters. The molecule has 0 fully saturated rings. The van der Waals surface area contributed by atoms with Gasteiger partial charge in [-0.05, 0) is 31.5 Å². The Morgan fingerprint density at radius 1 is 1.05 bits per heavy atom. The maximum atomic E-state index is 13.7. The van der Waals surface area contributed by atoms with Crippen molar-refractivity contribution in [3.05, 3.63) is 58.5 Å². The van der Waals surface area contributed by atoms with Gasteiger partial charge in [0.05, 0.1) is 10.9 Å². The molecule has 0 spiro atoms. The number of halogens is 2. The molecule has 100 valence electrons. The molecule has 0 aliphatic carbocycles. The summed E-state index contributed by atoms with van der Waals surface area (Å²) in [5.41, 5.74) is 3.66. The van der Waals surface area contributed by atoms with Gasteiger partial charge < -0.3 is 0 Å². The fourth-order valence-electron chi connectivity index (χ4n) is 2.28. The molecule has 0 amide bonds. The normalized spacial score (nSPS) is 11.0. The number of nitrogens with zero attached hydrogens (tertiary/aromatic N) is 2. The molecule has 0 N–H and O–H groups in total. The van der Waals surface area contributed by atoms with Gasteiger partial charge in [0.15, 0.2) is 5.82 Å². The third-order valence-corrected chi connectivity index (χ3v) is 3.52. The van der Waals surface area contributed by atoms with E-state index in [1.807, 2.05) is 26.0 Å². The van der Waals surface area contributed by atoms with Gasteiger partial charge in [0.1, 0.15) is 11.0 Å². The second-order valence-electron chi connectivity index (χ2n) is 4.79. The van der Waals surface area contributed by atoms with Crippen LogP contribution in [0.4, 0.5) is 4.39 Å². The minimum absolute atomic E-state index is 0.142. The largest absolute Gasteiger partial charge is 0.228 e. The fraction of sp³-hybridized carbons (Fsp3) is 0.125. The Hall–Kier alpha value is -2.00. The molecule has 0 aliphatic rings. The molecular formula is C16H12ClFN2. The van der Waals surface area contributed by atoms with Crippen LogP contribution in [0.3, 0.4) is 0 Å². The van der Waals surface area contributed by atoms with Gasteiger partial charge in [-0.1, -0.05) is 41.4 Å². The second-order valence-corrected chi connectivity index (χ2v) is 5.15. The highest BCUT2D eigenvalue weighted by Crippen LogP contribution is 2.28. The third-order valence-electron chi connectivity index (χ3n) is 3.25. The lowest BCUT2D eigenvalue weighted by atomic mass is 10.1. The quantitative estimate of drug-likeness (QED) is 0.606. The molecule has 0 saturated heterocycles. The molecule has 1 heterocycles. The molecule has 2 aromatic carbocycles. The molecular weight excluding hydrogens is 275 g/mol. The first kappa shape index (κ1) is 13.0. The van der Waals surface area contributed by atoms with E-state index >= 15 is 0 Å². The van der Waals surface area contributed by atoms with Crippen LogP contribution in [0, 0.1) is 19.7 Å². The minimum atomic E-state index is -0.403. The number of hydrogen-bond acceptors (Lipinski definition) is 2. The summed E-state index contributed by atoms with van der Waals surface area (Å²) in [4.78, 5) is 8.66. The van der Waals surface area contributed by atoms with Gasteiger partial charge in [0.2, 0.25) is 0 Å². The lowest BCUT2D eigenvalue weighted by molar-refractivity contribution is 0.639. The van der Waals surface area contributed by atoms with E-state index < -0.39 is 5.82 Å². The van der Waals surface area contributed by atoms with E-state index in [0.29, 0.717) is 11.3 Å². The first-order chi connectivity index (χ1) is 9.56. The first-order valence-electron chi connectivity index (χ1n) is 6.25. The Bertz CT molecular complexity index is 815. The van der Waals surface area contributed by atoms with Gasteiger partial charge in [-0.15, -0.1) is 0 Å². The highest BCUT2D eigenvalue weighted by molar-refractivity contribution is 6.34. The standard InChI is InChI=1S/C16H12ClFN2/c1-9-6-7-11(10(2)8-9)16-19-13-5-3-4-12(18)14(13)15(17)20-16/h3-8H,1-2H3. The Morgan fingerprint density at radius 2 is 1.85 bits per heavy atom. The van der Waals surface area contributed by atoms with Gasteiger partial charge in [-0.3, -0.25) is 0 Å². The second kappa shape index (κ2) is 4.84. The van der Waals surface area contributed by atoms with Gasteiger partial charge in [0, 0.05) is 5.56 Å². The Kier molecular flexibility index (Phi) is 3.14. The molecule has 4 heteroatoms. The summed E-state index contributed by atoms with van der Waals surface area (Å²) in [6.07, 6.45) is 0. The van der Waals surface area contributed by atoms with E-state index in [0.717, 1.165) is 11.1 Å². The summed E-state index contributed by atoms with van der Waals surface area (Å²) in [7, 11) is 0. The summed E-state index contributed by atoms with van der Waals surface area (Å²) in [5.74, 6) is 0.116. The number of fused-ring (bicyclic) bond motifs is 1. The molecule has 0 radical (unpaired) electrons. The molecule has 20 heavy (non-hydrogen) atoms. The molecule has 0 atom stereocenters. The predicted octanol–water partition coefficient (Wildman–Crippen LogP) is 4.71. The molecule has 0 bridgehead atoms. The highest BCUT2D eigenvalue weighted by Gasteiger charge is 2.12. The topological polar surface area (TPSA) is 25.8 Å². The number of hydrogen-bond donors (Lipinski definition) is 0. The van der Waals surface area contributed by atoms with Crippen molar-refractivity contribution in [1.82, 2.24) is 9.97 Å². The first-order valence-corrected chi connectivity index (χ1v) is 6.63. The van der Waals surface area contributed by atoms with Crippen molar-refractivity contribution in [3.63, 3.8) is 0 Å². The molecule has 2 nitrogen and oxygen atoms in total. The predicted molar refractivity (Wildman–Crippen MR) is 79.4 cm³/mol. The van der Waals surface area contributed by atoms with Crippen molar-refractivity contribution in [3.8, 4) is 11.4 Å². The van der Waals surface area contributed by atoms with Crippen molar-refractivity contribution in [2.24, 2.45) is 0 Å². The van der Waals surface area contributed by atoms with E-state index in [2.05, 4.69) is 16.0 Å². The maximum Gasteiger partial charge on any atom is 0.161 e. The van der Waals surface area contributed by atoms with Crippen LogP contribution in [-0.4, -0.2) is 9.97 Å². The van der Waals surface area contributed by atoms with Crippen LogP contribution >= 0.6 is 11.6 Å². The van der Waals surface area contributed by atoms with Crippen LogP contribution in [0.15, 0.2) is 36.4 Å². The summed E-state index contributed by atoms with van der Waals surface area (Å²) in [5, 5.41) is 0.408. The van der Waals surface area contributed by atoms with Crippen LogP contribution in [0.2, 0.25) is 5.15 Å². The number of benzene rings is 2. The van der Waals surface area contributed by atoms with E-state index in [9.17, 15) is 4.39 Å². The molecule has 3 rings (SSSR count). The lowest BCUT2D eigenvalue weighted by Gasteiger charge is -2.08. The summed E-state index contributed by atoms with van der Waals surface area (Å²) >= 11 is 6.11. The molecule has 1 aromatic heterocycles. The molecule has 0 saturated carbocycles. The van der Waals surface area contributed by atoms with Gasteiger partial charge in [-0.25, -0.2) is 14.4 Å². The zero-order valence-electron chi connectivity index (χ0n) is 11.1. The average Bonchev–Trinajstić information content (AvgIpc) is 2.38. The van der Waals surface area contributed by atoms with E-state index in [4.69, 9.17) is 11.6 Å². The summed E-state index contributed by atoms with van der Waals surface area (Å²) < 4.78 is 13.7. The summed E-state index contributed by atoms with van der Waals surface area (Å²) in [6, 6.07) is 10.7. The number of rotatable bonds is 1. The SMILES string of the molecule is Cc1ccc(-c2nc(Cl)c3c(F)cccc3n2)c(C)c1. The van der Waals surface area contributed by atoms with Crippen molar-refractivity contribution < 1.29 is 4.39 Å². The average molecular weight is 287 g/mol. The Labute approximate surface area is 121 Å². The molecule has 0 aliphatic heterocycles. The van der Waals surface area contributed by atoms with Crippen LogP contribution in [0.5, 0.6) is 0 Å². The van der Waals surface area contributed by atoms with Crippen LogP contribution in [0.1, 0.15) is 11.1 Å². The third kappa shape index (κ3) is 2.14. The summed E-state index contributed by atoms with van der Waals surface area (Å²) in [6.45, 7) is 4.02. The zero-order chi connectivity index (χ0) is 14.3. The highest BCUT2D eigenvalue weighted by atomic mass is 35.5. The van der Waals surface area contributed by atoms with Crippen LogP contribution in [0.25, 0.3) is 22.3 Å². The minimum Gasteiger partial charge on any atom is -0.228 e. The van der Waals surface area contributed by atoms with E-state index in [-0.39, 0.29) is 10.5 Å². The number of aryl methyl sites for hydroxylation is 2. The van der Waals surface area contributed by atoms with Crippen molar-refractivity contribution in [1.29, 1.82) is 0 Å². The van der Waals surface area contributed by atoms with Crippen molar-refractivity contribution in [2.75, 3.05) is 0 Å². The fourth-order valence-corrected chi connectivity index (χ4v) is 2.55. The van der Waals surface area contributed by atoms with Crippen LogP contribution in [-0.2, 0) is 0 Å². The van der Waals surface area contributed by atoms with Crippen molar-refractivity contribution in [2.45, 2.75) is 13.8 Å². The monoisotopic (exact) mass is 286 g/mol. The van der Waals surface area contributed by atoms with Crippen LogP contribution < -0.4 is 0 Å². The van der Waals surface area contributed by atoms with Gasteiger partial charge in [0.25, 0.3) is 0 Å². The van der Waals surface area contributed by atoms with Gasteiger partial charge in [-0.2, -0.15) is 0 Å². The number of aromatic nitrogens is 2. The smallest absolute Gasteiger partial charge is 0.161 e. The lowest BCUT2D eigenvalue weighted by Crippen LogP contribution is -1.95. The zero-order valence-corrected chi connectivity index (χ0v) is 11.9. The van der Waals surface area contributed by atoms with E-state index in [1.165, 1.54) is 11.6 Å². The Morgan fingerprint density at radius 3 is 2.60 bits per heavy atom. The molecule has 3 aromatic rings.